The molecule has 13 heavy (non-hydrogen) atoms. The predicted octanol–water partition coefficient (Wildman–Crippen LogP) is 3.46. The first-order chi connectivity index (χ1) is 6.33. The molecule has 0 saturated carbocycles. The molecule has 0 aromatic heterocycles. The summed E-state index contributed by atoms with van der Waals surface area (Å²) in [5, 5.41) is 0. The molecule has 71 valence electrons. The molecule has 1 radical (unpaired) electrons. The molecule has 1 unspecified atom stereocenters. The predicted molar refractivity (Wildman–Crippen MR) is 58.3 cm³/mol. The largest absolute Gasteiger partial charge is 0.362 e. The zero-order chi connectivity index (χ0) is 9.52. The molecule has 1 atom stereocenters. The fraction of sp³-hybridized carbons (Fsp3) is 0.364. The molecule has 0 fully saturated rings. The first kappa shape index (κ1) is 10.6. The van der Waals surface area contributed by atoms with Crippen LogP contribution >= 0.6 is 11.8 Å². The Balaban J connectivity index is 2.27. The van der Waals surface area contributed by atoms with Gasteiger partial charge in [-0.1, -0.05) is 30.3 Å². The van der Waals surface area contributed by atoms with Crippen LogP contribution in [0.4, 0.5) is 0 Å². The molecule has 0 amide bonds. The Labute approximate surface area is 84.5 Å². The van der Waals surface area contributed by atoms with Crippen LogP contribution in [0.2, 0.25) is 0 Å². The molecule has 0 saturated heterocycles. The van der Waals surface area contributed by atoms with Gasteiger partial charge in [-0.15, -0.1) is 11.8 Å². The fourth-order valence-corrected chi connectivity index (χ4v) is 1.83. The Bertz CT molecular complexity index is 223. The van der Waals surface area contributed by atoms with E-state index in [-0.39, 0.29) is 5.44 Å². The normalized spacial score (nSPS) is 12.8. The van der Waals surface area contributed by atoms with Crippen molar-refractivity contribution in [2.24, 2.45) is 0 Å². The van der Waals surface area contributed by atoms with Crippen LogP contribution < -0.4 is 0 Å². The zero-order valence-corrected chi connectivity index (χ0v) is 8.88. The fourth-order valence-electron chi connectivity index (χ4n) is 1.02. The van der Waals surface area contributed by atoms with E-state index in [9.17, 15) is 0 Å². The number of thioether (sulfide) groups is 1. The summed E-state index contributed by atoms with van der Waals surface area (Å²) in [6, 6.07) is 10.4. The van der Waals surface area contributed by atoms with E-state index >= 15 is 0 Å². The summed E-state index contributed by atoms with van der Waals surface area (Å²) in [4.78, 5) is 0. The first-order valence-corrected chi connectivity index (χ1v) is 5.46. The Kier molecular flexibility index (Phi) is 4.94. The number of hydrogen-bond donors (Lipinski definition) is 0. The van der Waals surface area contributed by atoms with Gasteiger partial charge in [0, 0.05) is 5.75 Å². The Hall–Kier alpha value is -0.470. The summed E-state index contributed by atoms with van der Waals surface area (Å²) in [5.74, 6) is 1.01. The molecule has 0 aliphatic heterocycles. The van der Waals surface area contributed by atoms with Crippen molar-refractivity contribution in [2.45, 2.75) is 25.0 Å². The smallest absolute Gasteiger partial charge is 0.101 e. The van der Waals surface area contributed by atoms with Gasteiger partial charge in [-0.2, -0.15) is 0 Å². The number of rotatable bonds is 5. The molecule has 0 heterocycles. The summed E-state index contributed by atoms with van der Waals surface area (Å²) in [7, 11) is 0. The third kappa shape index (κ3) is 4.34. The van der Waals surface area contributed by atoms with Crippen LogP contribution in [0.5, 0.6) is 0 Å². The lowest BCUT2D eigenvalue weighted by Gasteiger charge is -2.10. The van der Waals surface area contributed by atoms with Crippen molar-refractivity contribution >= 4 is 11.8 Å². The van der Waals surface area contributed by atoms with E-state index in [4.69, 9.17) is 4.74 Å². The highest BCUT2D eigenvalue weighted by molar-refractivity contribution is 7.98. The minimum Gasteiger partial charge on any atom is -0.362 e. The minimum absolute atomic E-state index is 0.241. The Morgan fingerprint density at radius 3 is 2.69 bits per heavy atom. The molecule has 1 rings (SSSR count). The molecule has 0 aliphatic rings. The first-order valence-electron chi connectivity index (χ1n) is 4.41. The van der Waals surface area contributed by atoms with Crippen LogP contribution in [0.15, 0.2) is 30.3 Å². The van der Waals surface area contributed by atoms with Crippen LogP contribution in [0.3, 0.4) is 0 Å². The average molecular weight is 195 g/mol. The molecule has 1 aromatic rings. The van der Waals surface area contributed by atoms with Crippen LogP contribution in [-0.2, 0) is 10.5 Å². The average Bonchev–Trinajstić information content (AvgIpc) is 2.17. The molecule has 2 heteroatoms. The summed E-state index contributed by atoms with van der Waals surface area (Å²) in [6.07, 6.45) is 0. The second-order valence-corrected chi connectivity index (χ2v) is 4.02. The van der Waals surface area contributed by atoms with Gasteiger partial charge < -0.3 is 4.74 Å². The van der Waals surface area contributed by atoms with Crippen molar-refractivity contribution in [1.82, 2.24) is 0 Å². The maximum absolute atomic E-state index is 5.30. The van der Waals surface area contributed by atoms with E-state index in [1.54, 1.807) is 18.4 Å². The minimum atomic E-state index is 0.241. The lowest BCUT2D eigenvalue weighted by atomic mass is 10.2. The van der Waals surface area contributed by atoms with Crippen LogP contribution in [0.25, 0.3) is 0 Å². The van der Waals surface area contributed by atoms with Crippen molar-refractivity contribution in [2.75, 3.05) is 0 Å². The second kappa shape index (κ2) is 6.06. The van der Waals surface area contributed by atoms with Crippen molar-refractivity contribution in [1.29, 1.82) is 0 Å². The van der Waals surface area contributed by atoms with E-state index < -0.39 is 0 Å². The third-order valence-corrected chi connectivity index (χ3v) is 2.74. The van der Waals surface area contributed by atoms with Gasteiger partial charge in [0.2, 0.25) is 0 Å². The molecule has 0 N–H and O–H groups in total. The lowest BCUT2D eigenvalue weighted by molar-refractivity contribution is 0.193. The van der Waals surface area contributed by atoms with Crippen molar-refractivity contribution in [3.63, 3.8) is 0 Å². The maximum Gasteiger partial charge on any atom is 0.101 e. The number of hydrogen-bond acceptors (Lipinski definition) is 2. The quantitative estimate of drug-likeness (QED) is 0.665. The van der Waals surface area contributed by atoms with Gasteiger partial charge in [0.15, 0.2) is 0 Å². The lowest BCUT2D eigenvalue weighted by Crippen LogP contribution is -1.99. The maximum atomic E-state index is 5.30. The molecule has 1 aromatic carbocycles. The SMILES string of the molecule is C[CH]OC(C)SCc1ccccc1. The van der Waals surface area contributed by atoms with Gasteiger partial charge in [-0.25, -0.2) is 0 Å². The van der Waals surface area contributed by atoms with Gasteiger partial charge in [0.1, 0.15) is 5.44 Å². The van der Waals surface area contributed by atoms with Gasteiger partial charge in [0.25, 0.3) is 0 Å². The van der Waals surface area contributed by atoms with E-state index in [1.165, 1.54) is 5.56 Å². The van der Waals surface area contributed by atoms with E-state index in [2.05, 4.69) is 31.2 Å². The summed E-state index contributed by atoms with van der Waals surface area (Å²) in [6.45, 7) is 5.70. The molecular weight excluding hydrogens is 180 g/mol. The van der Waals surface area contributed by atoms with Crippen molar-refractivity contribution in [3.8, 4) is 0 Å². The molecule has 0 aliphatic carbocycles. The van der Waals surface area contributed by atoms with E-state index in [0.717, 1.165) is 5.75 Å². The van der Waals surface area contributed by atoms with E-state index in [0.29, 0.717) is 0 Å². The van der Waals surface area contributed by atoms with Crippen LogP contribution in [0.1, 0.15) is 19.4 Å². The highest BCUT2D eigenvalue weighted by Crippen LogP contribution is 2.18. The third-order valence-electron chi connectivity index (χ3n) is 1.66. The Morgan fingerprint density at radius 1 is 1.38 bits per heavy atom. The van der Waals surface area contributed by atoms with E-state index in [1.807, 2.05) is 13.0 Å². The zero-order valence-electron chi connectivity index (χ0n) is 8.07. The van der Waals surface area contributed by atoms with Crippen molar-refractivity contribution < 1.29 is 4.74 Å². The number of ether oxygens (including phenoxy) is 1. The Morgan fingerprint density at radius 2 is 2.08 bits per heavy atom. The van der Waals surface area contributed by atoms with Crippen LogP contribution in [-0.4, -0.2) is 5.44 Å². The summed E-state index contributed by atoms with van der Waals surface area (Å²) in [5.41, 5.74) is 1.59. The molecule has 0 bridgehead atoms. The topological polar surface area (TPSA) is 9.23 Å². The molecule has 0 spiro atoms. The standard InChI is InChI=1S/C11H15OS/c1-3-12-10(2)13-9-11-7-5-4-6-8-11/h3-8,10H,9H2,1-2H3. The highest BCUT2D eigenvalue weighted by Gasteiger charge is 2.01. The monoisotopic (exact) mass is 195 g/mol. The van der Waals surface area contributed by atoms with Gasteiger partial charge in [0.05, 0.1) is 6.61 Å². The van der Waals surface area contributed by atoms with Gasteiger partial charge in [-0.3, -0.25) is 0 Å². The molecule has 1 nitrogen and oxygen atoms in total. The van der Waals surface area contributed by atoms with Gasteiger partial charge in [-0.05, 0) is 19.4 Å². The highest BCUT2D eigenvalue weighted by atomic mass is 32.2. The number of benzene rings is 1. The van der Waals surface area contributed by atoms with Gasteiger partial charge >= 0.3 is 0 Å². The summed E-state index contributed by atoms with van der Waals surface area (Å²) < 4.78 is 5.30. The summed E-state index contributed by atoms with van der Waals surface area (Å²) >= 11 is 1.80. The molecular formula is C11H15OS. The van der Waals surface area contributed by atoms with Crippen LogP contribution in [0, 0.1) is 6.61 Å². The van der Waals surface area contributed by atoms with Crippen molar-refractivity contribution in [3.05, 3.63) is 42.5 Å². The second-order valence-electron chi connectivity index (χ2n) is 2.74.